The van der Waals surface area contributed by atoms with Crippen LogP contribution in [0.3, 0.4) is 0 Å². The van der Waals surface area contributed by atoms with Crippen LogP contribution in [0.1, 0.15) is 57.9 Å². The molecule has 3 heteroatoms. The molecule has 3 nitrogen and oxygen atoms in total. The Bertz CT molecular complexity index is 534. The van der Waals surface area contributed by atoms with Crippen molar-refractivity contribution in [2.75, 3.05) is 19.6 Å². The average Bonchev–Trinajstić information content (AvgIpc) is 2.98. The van der Waals surface area contributed by atoms with E-state index in [9.17, 15) is 4.79 Å². The highest BCUT2D eigenvalue weighted by atomic mass is 16.6. The van der Waals surface area contributed by atoms with Crippen LogP contribution in [0, 0.1) is 5.92 Å². The Morgan fingerprint density at radius 2 is 1.75 bits per heavy atom. The number of carbonyl (C=O) groups is 1. The molecule has 1 saturated carbocycles. The lowest BCUT2D eigenvalue weighted by molar-refractivity contribution is -0.148. The molecular weight excluding hydrogens is 298 g/mol. The second-order valence-electron chi connectivity index (χ2n) is 7.39. The minimum atomic E-state index is -0.417. The van der Waals surface area contributed by atoms with Gasteiger partial charge in [0.2, 0.25) is 0 Å². The third-order valence-corrected chi connectivity index (χ3v) is 6.13. The van der Waals surface area contributed by atoms with Crippen LogP contribution in [0.15, 0.2) is 30.3 Å². The van der Waals surface area contributed by atoms with Gasteiger partial charge in [0.1, 0.15) is 6.10 Å². The van der Waals surface area contributed by atoms with Gasteiger partial charge in [0.05, 0.1) is 5.41 Å². The molecule has 132 valence electrons. The van der Waals surface area contributed by atoms with Crippen LogP contribution in [-0.4, -0.2) is 36.6 Å². The van der Waals surface area contributed by atoms with Crippen molar-refractivity contribution in [1.82, 2.24) is 4.90 Å². The molecule has 0 amide bonds. The molecule has 0 bridgehead atoms. The topological polar surface area (TPSA) is 29.5 Å². The first-order valence-corrected chi connectivity index (χ1v) is 9.69. The third kappa shape index (κ3) is 3.23. The molecule has 0 spiro atoms. The first-order valence-electron chi connectivity index (χ1n) is 9.69. The molecular formula is C21H31NO2. The second kappa shape index (κ2) is 7.69. The maximum atomic E-state index is 13.1. The molecule has 0 aromatic heterocycles. The second-order valence-corrected chi connectivity index (χ2v) is 7.39. The van der Waals surface area contributed by atoms with Gasteiger partial charge in [0.15, 0.2) is 0 Å². The Balaban J connectivity index is 1.89. The zero-order valence-corrected chi connectivity index (χ0v) is 15.2. The maximum absolute atomic E-state index is 13.1. The van der Waals surface area contributed by atoms with E-state index in [1.54, 1.807) is 0 Å². The van der Waals surface area contributed by atoms with Gasteiger partial charge in [-0.25, -0.2) is 0 Å². The van der Waals surface area contributed by atoms with E-state index in [4.69, 9.17) is 4.74 Å². The number of esters is 1. The number of rotatable bonds is 6. The van der Waals surface area contributed by atoms with E-state index in [-0.39, 0.29) is 12.1 Å². The van der Waals surface area contributed by atoms with Crippen molar-refractivity contribution in [3.63, 3.8) is 0 Å². The van der Waals surface area contributed by atoms with Gasteiger partial charge in [0, 0.05) is 13.0 Å². The predicted molar refractivity (Wildman–Crippen MR) is 97.0 cm³/mol. The molecule has 1 aliphatic heterocycles. The number of ether oxygens (including phenoxy) is 1. The summed E-state index contributed by atoms with van der Waals surface area (Å²) in [6, 6.07) is 10.4. The molecule has 2 unspecified atom stereocenters. The lowest BCUT2D eigenvalue weighted by Gasteiger charge is -2.37. The summed E-state index contributed by atoms with van der Waals surface area (Å²) in [4.78, 5) is 15.5. The van der Waals surface area contributed by atoms with E-state index in [2.05, 4.69) is 43.0 Å². The smallest absolute Gasteiger partial charge is 0.317 e. The molecule has 0 N–H and O–H groups in total. The van der Waals surface area contributed by atoms with Crippen LogP contribution >= 0.6 is 0 Å². The average molecular weight is 329 g/mol. The fraction of sp³-hybridized carbons (Fsp3) is 0.667. The number of hydrogen-bond acceptors (Lipinski definition) is 3. The lowest BCUT2D eigenvalue weighted by atomic mass is 9.63. The quantitative estimate of drug-likeness (QED) is 0.734. The largest absolute Gasteiger partial charge is 0.460 e. The summed E-state index contributed by atoms with van der Waals surface area (Å²) in [5.74, 6) is 0.459. The van der Waals surface area contributed by atoms with Gasteiger partial charge in [-0.15, -0.1) is 0 Å². The van der Waals surface area contributed by atoms with Crippen LogP contribution in [-0.2, 0) is 14.9 Å². The first-order chi connectivity index (χ1) is 11.7. The first kappa shape index (κ1) is 17.5. The van der Waals surface area contributed by atoms with Crippen molar-refractivity contribution >= 4 is 5.97 Å². The van der Waals surface area contributed by atoms with Crippen molar-refractivity contribution in [3.05, 3.63) is 35.9 Å². The normalized spacial score (nSPS) is 28.3. The third-order valence-electron chi connectivity index (χ3n) is 6.13. The molecule has 0 radical (unpaired) electrons. The molecule has 3 rings (SSSR count). The van der Waals surface area contributed by atoms with Crippen molar-refractivity contribution < 1.29 is 9.53 Å². The van der Waals surface area contributed by atoms with Crippen LogP contribution in [0.4, 0.5) is 0 Å². The predicted octanol–water partition coefficient (Wildman–Crippen LogP) is 4.16. The molecule has 2 aliphatic rings. The van der Waals surface area contributed by atoms with E-state index in [0.29, 0.717) is 5.92 Å². The minimum Gasteiger partial charge on any atom is -0.460 e. The summed E-state index contributed by atoms with van der Waals surface area (Å²) in [5, 5.41) is 0. The monoisotopic (exact) mass is 329 g/mol. The molecule has 1 saturated heterocycles. The number of carbonyl (C=O) groups excluding carboxylic acids is 1. The van der Waals surface area contributed by atoms with Gasteiger partial charge >= 0.3 is 5.97 Å². The van der Waals surface area contributed by atoms with E-state index >= 15 is 0 Å². The number of nitrogens with zero attached hydrogens (tertiary/aromatic N) is 1. The Labute approximate surface area is 146 Å². The van der Waals surface area contributed by atoms with Crippen molar-refractivity contribution in [2.24, 2.45) is 5.92 Å². The highest BCUT2D eigenvalue weighted by Crippen LogP contribution is 2.49. The van der Waals surface area contributed by atoms with Crippen LogP contribution in [0.5, 0.6) is 0 Å². The fourth-order valence-electron chi connectivity index (χ4n) is 4.75. The van der Waals surface area contributed by atoms with E-state index in [0.717, 1.165) is 38.9 Å². The summed E-state index contributed by atoms with van der Waals surface area (Å²) in [7, 11) is 0. The Morgan fingerprint density at radius 3 is 2.38 bits per heavy atom. The highest BCUT2D eigenvalue weighted by molar-refractivity contribution is 5.86. The van der Waals surface area contributed by atoms with Gasteiger partial charge < -0.3 is 9.64 Å². The summed E-state index contributed by atoms with van der Waals surface area (Å²) >= 11 is 0. The molecule has 1 aromatic carbocycles. The summed E-state index contributed by atoms with van der Waals surface area (Å²) in [6.07, 6.45) is 6.97. The Morgan fingerprint density at radius 1 is 1.08 bits per heavy atom. The Kier molecular flexibility index (Phi) is 5.60. The zero-order chi connectivity index (χ0) is 17.0. The van der Waals surface area contributed by atoms with Crippen LogP contribution < -0.4 is 0 Å². The van der Waals surface area contributed by atoms with E-state index in [1.807, 2.05) is 6.07 Å². The number of cyclic esters (lactones) is 1. The fourth-order valence-corrected chi connectivity index (χ4v) is 4.75. The van der Waals surface area contributed by atoms with Gasteiger partial charge in [-0.3, -0.25) is 4.79 Å². The van der Waals surface area contributed by atoms with Crippen LogP contribution in [0.2, 0.25) is 0 Å². The standard InChI is InChI=1S/C21H31NO2/c1-3-22(4-2)16-19-15-21(20(23)24-19,17-11-7-5-8-12-17)18-13-9-6-10-14-18/h5,7-8,11-12,18-19H,3-4,6,9-10,13-16H2,1-2H3. The van der Waals surface area contributed by atoms with Gasteiger partial charge in [-0.1, -0.05) is 63.4 Å². The molecule has 1 heterocycles. The summed E-state index contributed by atoms with van der Waals surface area (Å²) < 4.78 is 5.94. The minimum absolute atomic E-state index is 0.0257. The number of benzene rings is 1. The number of hydrogen-bond donors (Lipinski definition) is 0. The van der Waals surface area contributed by atoms with Gasteiger partial charge in [0.25, 0.3) is 0 Å². The maximum Gasteiger partial charge on any atom is 0.317 e. The van der Waals surface area contributed by atoms with Crippen molar-refractivity contribution in [3.8, 4) is 0 Å². The molecule has 2 fully saturated rings. The van der Waals surface area contributed by atoms with Crippen molar-refractivity contribution in [1.29, 1.82) is 0 Å². The summed E-state index contributed by atoms with van der Waals surface area (Å²) in [5.41, 5.74) is 0.753. The summed E-state index contributed by atoms with van der Waals surface area (Å²) in [6.45, 7) is 7.22. The van der Waals surface area contributed by atoms with Gasteiger partial charge in [-0.2, -0.15) is 0 Å². The number of likely N-dealkylation sites (N-methyl/N-ethyl adjacent to an activating group) is 1. The van der Waals surface area contributed by atoms with Crippen LogP contribution in [0.25, 0.3) is 0 Å². The van der Waals surface area contributed by atoms with Crippen molar-refractivity contribution in [2.45, 2.75) is 63.9 Å². The lowest BCUT2D eigenvalue weighted by Crippen LogP contribution is -2.41. The highest BCUT2D eigenvalue weighted by Gasteiger charge is 2.55. The molecule has 2 atom stereocenters. The Hall–Kier alpha value is -1.35. The molecule has 24 heavy (non-hydrogen) atoms. The zero-order valence-electron chi connectivity index (χ0n) is 15.2. The SMILES string of the molecule is CCN(CC)CC1CC(c2ccccc2)(C2CCCCC2)C(=O)O1. The van der Waals surface area contributed by atoms with E-state index < -0.39 is 5.41 Å². The van der Waals surface area contributed by atoms with Gasteiger partial charge in [-0.05, 0) is 37.4 Å². The molecule has 1 aromatic rings. The molecule has 1 aliphatic carbocycles. The van der Waals surface area contributed by atoms with E-state index in [1.165, 1.54) is 24.8 Å².